The molecule has 0 atom stereocenters. The number of pyridine rings is 6. The minimum atomic E-state index is -10.7. The molecule has 0 aromatic carbocycles. The fraction of sp³-hybridized carbons (Fsp3) is 0. The second-order valence-electron chi connectivity index (χ2n) is 10.8. The quantitative estimate of drug-likeness (QED) is 0.0815. The Balaban J connectivity index is 0.000000388. The first-order chi connectivity index (χ1) is 26.7. The number of hydrogen-bond donors (Lipinski definition) is 3. The molecule has 0 saturated carbocycles. The molecule has 27 heteroatoms. The molecule has 6 aromatic heterocycles. The van der Waals surface area contributed by atoms with Gasteiger partial charge in [-0.2, -0.15) is 0 Å². The van der Waals surface area contributed by atoms with Crippen molar-refractivity contribution in [2.75, 3.05) is 0 Å². The van der Waals surface area contributed by atoms with Gasteiger partial charge in [0.1, 0.15) is 0 Å². The van der Waals surface area contributed by atoms with Gasteiger partial charge in [-0.1, -0.05) is 18.2 Å². The number of aromatic nitrogens is 6. The number of hydrogen-bond acceptors (Lipinski definition) is 9. The molecule has 0 bridgehead atoms. The van der Waals surface area contributed by atoms with Gasteiger partial charge in [0.2, 0.25) is 0 Å². The number of carboxylic acids is 3. The number of halogens is 12. The van der Waals surface area contributed by atoms with Crippen molar-refractivity contribution < 1.29 is 99.5 Å². The normalized spacial score (nSPS) is 12.8. The van der Waals surface area contributed by atoms with Crippen molar-refractivity contribution in [3.8, 4) is 34.2 Å². The average Bonchev–Trinajstić information content (AvgIpc) is 3.14. The van der Waals surface area contributed by atoms with Gasteiger partial charge < -0.3 is 15.3 Å². The Hall–Kier alpha value is -6.05. The van der Waals surface area contributed by atoms with Crippen LogP contribution in [0.1, 0.15) is 31.1 Å². The maximum absolute atomic E-state index is 10.7. The molecule has 0 aliphatic carbocycles. The monoisotopic (exact) mass is 992 g/mol. The molecule has 6 aromatic rings. The zero-order chi connectivity index (χ0) is 44.8. The minimum Gasteiger partial charge on any atom is -0.478 e. The van der Waals surface area contributed by atoms with E-state index in [0.29, 0.717) is 17.1 Å². The van der Waals surface area contributed by atoms with Crippen LogP contribution in [0.3, 0.4) is 0 Å². The van der Waals surface area contributed by atoms with Gasteiger partial charge in [0, 0.05) is 37.2 Å². The number of aromatic carboxylic acids is 3. The van der Waals surface area contributed by atoms with Crippen molar-refractivity contribution in [1.29, 1.82) is 0 Å². The molecule has 60 heavy (non-hydrogen) atoms. The van der Waals surface area contributed by atoms with E-state index in [0.717, 1.165) is 17.1 Å². The third-order valence-electron chi connectivity index (χ3n) is 5.81. The number of rotatable bonds is 6. The topological polar surface area (TPSA) is 189 Å². The van der Waals surface area contributed by atoms with Crippen LogP contribution >= 0.6 is 15.6 Å². The van der Waals surface area contributed by atoms with Crippen molar-refractivity contribution in [2.45, 2.75) is 0 Å². The molecule has 0 aliphatic rings. The first kappa shape index (κ1) is 52.0. The summed E-state index contributed by atoms with van der Waals surface area (Å²) in [5.74, 6) is -2.93. The summed E-state index contributed by atoms with van der Waals surface area (Å²) in [7, 11) is -21.3. The van der Waals surface area contributed by atoms with Crippen LogP contribution in [0, 0.1) is 0 Å². The fourth-order valence-corrected chi connectivity index (χ4v) is 3.56. The zero-order valence-electron chi connectivity index (χ0n) is 29.2. The maximum atomic E-state index is 10.6. The van der Waals surface area contributed by atoms with Crippen LogP contribution in [-0.2, 0) is 19.5 Å². The molecule has 6 rings (SSSR count). The van der Waals surface area contributed by atoms with Gasteiger partial charge in [0.25, 0.3) is 0 Å². The van der Waals surface area contributed by atoms with Crippen molar-refractivity contribution in [3.05, 3.63) is 145 Å². The van der Waals surface area contributed by atoms with Crippen LogP contribution in [0.15, 0.2) is 128 Å². The Morgan fingerprint density at radius 3 is 0.683 bits per heavy atom. The molecule has 0 aliphatic heterocycles. The van der Waals surface area contributed by atoms with Gasteiger partial charge in [-0.3, -0.25) is 29.9 Å². The van der Waals surface area contributed by atoms with E-state index in [1.165, 1.54) is 36.8 Å². The summed E-state index contributed by atoms with van der Waals surface area (Å²) in [6.07, 6.45) is 8.98. The first-order valence-electron chi connectivity index (χ1n) is 15.2. The Morgan fingerprint density at radius 2 is 0.550 bits per heavy atom. The van der Waals surface area contributed by atoms with E-state index in [2.05, 4.69) is 29.9 Å². The van der Waals surface area contributed by atoms with Gasteiger partial charge in [0.05, 0.1) is 50.9 Å². The van der Waals surface area contributed by atoms with Crippen LogP contribution in [0.4, 0.5) is 50.4 Å². The summed E-state index contributed by atoms with van der Waals surface area (Å²) >= 11 is 0. The third kappa shape index (κ3) is 26.1. The molecule has 324 valence electrons. The molecule has 6 heterocycles. The summed E-state index contributed by atoms with van der Waals surface area (Å²) in [5, 5.41) is 26.1. The maximum Gasteiger partial charge on any atom is 2.00 e. The van der Waals surface area contributed by atoms with Gasteiger partial charge in [-0.05, 0) is 72.8 Å². The summed E-state index contributed by atoms with van der Waals surface area (Å²) in [5.41, 5.74) is 4.72. The van der Waals surface area contributed by atoms with E-state index in [-0.39, 0.29) is 36.2 Å². The van der Waals surface area contributed by atoms with Crippen LogP contribution in [0.25, 0.3) is 34.2 Å². The second kappa shape index (κ2) is 18.9. The molecular formula is C33H24F12N6O6P2Ru. The van der Waals surface area contributed by atoms with Crippen molar-refractivity contribution in [2.24, 2.45) is 0 Å². The Kier molecular flexibility index (Phi) is 16.4. The zero-order valence-corrected chi connectivity index (χ0v) is 32.7. The van der Waals surface area contributed by atoms with Gasteiger partial charge in [-0.25, -0.2) is 14.4 Å². The molecular weight excluding hydrogens is 967 g/mol. The predicted molar refractivity (Wildman–Crippen MR) is 190 cm³/mol. The second-order valence-corrected chi connectivity index (χ2v) is 14.6. The van der Waals surface area contributed by atoms with Gasteiger partial charge >= 0.3 is 103 Å². The number of nitrogens with zero attached hydrogens (tertiary/aromatic N) is 6. The molecule has 12 nitrogen and oxygen atoms in total. The summed E-state index contributed by atoms with van der Waals surface area (Å²) in [6.45, 7) is 0. The first-order valence-corrected chi connectivity index (χ1v) is 19.2. The van der Waals surface area contributed by atoms with Gasteiger partial charge in [-0.15, -0.1) is 0 Å². The Bertz CT molecular complexity index is 2060. The van der Waals surface area contributed by atoms with Crippen molar-refractivity contribution in [1.82, 2.24) is 29.9 Å². The molecule has 0 spiro atoms. The SMILES string of the molecule is F[P-](F)(F)(F)(F)F.F[P-](F)(F)(F)(F)F.O=C(O)c1ccc(-c2ccccn2)nc1.O=C(O)c1ccc(-c2ccccn2)nc1.O=C(O)c1ccc(-c2ccccn2)nc1.[Ru+2]. The minimum absolute atomic E-state index is 0. The largest absolute Gasteiger partial charge is 2.00 e. The Labute approximate surface area is 341 Å². The molecule has 0 amide bonds. The van der Waals surface area contributed by atoms with Crippen LogP contribution in [0.5, 0.6) is 0 Å². The van der Waals surface area contributed by atoms with Gasteiger partial charge in [0.15, 0.2) is 0 Å². The summed E-state index contributed by atoms with van der Waals surface area (Å²) < 4.78 is 118. The van der Waals surface area contributed by atoms with Crippen LogP contribution < -0.4 is 0 Å². The molecule has 0 radical (unpaired) electrons. The number of carbonyl (C=O) groups is 3. The summed E-state index contributed by atoms with van der Waals surface area (Å²) in [6, 6.07) is 26.0. The summed E-state index contributed by atoms with van der Waals surface area (Å²) in [4.78, 5) is 56.2. The molecule has 3 N–H and O–H groups in total. The van der Waals surface area contributed by atoms with E-state index < -0.39 is 33.5 Å². The van der Waals surface area contributed by atoms with E-state index in [9.17, 15) is 64.7 Å². The van der Waals surface area contributed by atoms with Crippen molar-refractivity contribution >= 4 is 33.5 Å². The molecule has 0 saturated heterocycles. The van der Waals surface area contributed by atoms with Crippen LogP contribution in [-0.4, -0.2) is 63.1 Å². The standard InChI is InChI=1S/3C11H8N2O2.2F6P.Ru/c3*14-11(15)8-4-5-10(13-7-8)9-3-1-2-6-12-9;2*1-7(2,3,4,5)6;/h3*1-7H,(H,14,15);;;/q;;;2*-1;+2. The number of carboxylic acid groups (broad SMARTS) is 3. The predicted octanol–water partition coefficient (Wildman–Crippen LogP) is 12.3. The fourth-order valence-electron chi connectivity index (χ4n) is 3.56. The van der Waals surface area contributed by atoms with E-state index in [1.54, 1.807) is 36.8 Å². The third-order valence-corrected chi connectivity index (χ3v) is 5.81. The smallest absolute Gasteiger partial charge is 0.478 e. The van der Waals surface area contributed by atoms with Crippen molar-refractivity contribution in [3.63, 3.8) is 0 Å². The van der Waals surface area contributed by atoms with Crippen LogP contribution in [0.2, 0.25) is 0 Å². The molecule has 0 fully saturated rings. The van der Waals surface area contributed by atoms with E-state index in [1.807, 2.05) is 54.6 Å². The molecule has 0 unspecified atom stereocenters. The Morgan fingerprint density at radius 1 is 0.350 bits per heavy atom. The van der Waals surface area contributed by atoms with E-state index in [4.69, 9.17) is 15.3 Å². The average molecular weight is 992 g/mol. The van der Waals surface area contributed by atoms with E-state index >= 15 is 0 Å².